The monoisotopic (exact) mass is 431 g/mol. The van der Waals surface area contributed by atoms with E-state index < -0.39 is 54.7 Å². The fourth-order valence-corrected chi connectivity index (χ4v) is 3.18. The highest BCUT2D eigenvalue weighted by molar-refractivity contribution is 6.03. The lowest BCUT2D eigenvalue weighted by Gasteiger charge is -2.23. The summed E-state index contributed by atoms with van der Waals surface area (Å²) in [6.45, 7) is 1.77. The number of carbonyl (C=O) groups is 3. The summed E-state index contributed by atoms with van der Waals surface area (Å²) in [6.07, 6.45) is -3.25. The van der Waals surface area contributed by atoms with Crippen LogP contribution in [0.3, 0.4) is 0 Å². The average molecular weight is 431 g/mol. The minimum absolute atomic E-state index is 0.00683. The first-order chi connectivity index (χ1) is 14.8. The minimum atomic E-state index is -1.20. The Labute approximate surface area is 176 Å². The standard InChI is InChI=1S/C20H21N3O8/c1-11(25)29-16-14(10-24)31-19(17(16)30-12(2)26)23-9-8-15(22-20(23)28)21-18(27)13-6-4-3-5-7-13/h3-9,14,16-17,19,24H,10H2,1-2H3,(H,21,22,27,28)/t14-,16-,17+,19?/m1/s1. The van der Waals surface area contributed by atoms with Crippen molar-refractivity contribution < 1.29 is 33.7 Å². The van der Waals surface area contributed by atoms with Gasteiger partial charge >= 0.3 is 17.6 Å². The molecular formula is C20H21N3O8. The van der Waals surface area contributed by atoms with Crippen molar-refractivity contribution in [2.75, 3.05) is 11.9 Å². The third kappa shape index (κ3) is 5.13. The van der Waals surface area contributed by atoms with E-state index in [4.69, 9.17) is 14.2 Å². The molecule has 1 amide bonds. The third-order valence-electron chi connectivity index (χ3n) is 4.45. The summed E-state index contributed by atoms with van der Waals surface area (Å²) < 4.78 is 17.0. The molecule has 4 atom stereocenters. The largest absolute Gasteiger partial charge is 0.456 e. The molecule has 164 valence electrons. The topological polar surface area (TPSA) is 146 Å². The van der Waals surface area contributed by atoms with Gasteiger partial charge in [-0.1, -0.05) is 18.2 Å². The maximum Gasteiger partial charge on any atom is 0.351 e. The molecule has 1 saturated heterocycles. The number of anilines is 1. The Morgan fingerprint density at radius 2 is 1.74 bits per heavy atom. The van der Waals surface area contributed by atoms with Crippen molar-refractivity contribution >= 4 is 23.7 Å². The summed E-state index contributed by atoms with van der Waals surface area (Å²) in [7, 11) is 0. The molecule has 1 aliphatic rings. The van der Waals surface area contributed by atoms with Crippen LogP contribution < -0.4 is 11.0 Å². The molecule has 0 radical (unpaired) electrons. The van der Waals surface area contributed by atoms with Crippen molar-refractivity contribution in [3.05, 3.63) is 58.6 Å². The Hall–Kier alpha value is -3.57. The highest BCUT2D eigenvalue weighted by Crippen LogP contribution is 2.33. The predicted molar refractivity (Wildman–Crippen MR) is 105 cm³/mol. The first-order valence-electron chi connectivity index (χ1n) is 9.36. The number of nitrogens with zero attached hydrogens (tertiary/aromatic N) is 2. The van der Waals surface area contributed by atoms with E-state index in [0.717, 1.165) is 18.4 Å². The third-order valence-corrected chi connectivity index (χ3v) is 4.45. The van der Waals surface area contributed by atoms with E-state index >= 15 is 0 Å². The van der Waals surface area contributed by atoms with Gasteiger partial charge in [0.15, 0.2) is 18.4 Å². The van der Waals surface area contributed by atoms with Gasteiger partial charge in [-0.3, -0.25) is 19.0 Å². The molecule has 31 heavy (non-hydrogen) atoms. The Bertz CT molecular complexity index is 1020. The van der Waals surface area contributed by atoms with Crippen LogP contribution in [0, 0.1) is 0 Å². The highest BCUT2D eigenvalue weighted by Gasteiger charge is 2.50. The Morgan fingerprint density at radius 3 is 2.32 bits per heavy atom. The van der Waals surface area contributed by atoms with Crippen molar-refractivity contribution in [1.29, 1.82) is 0 Å². The Balaban J connectivity index is 1.86. The number of aromatic nitrogens is 2. The number of hydrogen-bond donors (Lipinski definition) is 2. The number of rotatable bonds is 6. The van der Waals surface area contributed by atoms with Crippen molar-refractivity contribution in [3.8, 4) is 0 Å². The number of hydrogen-bond acceptors (Lipinski definition) is 9. The normalized spacial score (nSPS) is 22.5. The molecule has 1 aliphatic heterocycles. The van der Waals surface area contributed by atoms with Gasteiger partial charge in [-0.15, -0.1) is 0 Å². The van der Waals surface area contributed by atoms with Gasteiger partial charge in [0.1, 0.15) is 11.9 Å². The maximum absolute atomic E-state index is 12.6. The number of aliphatic hydroxyl groups is 1. The molecule has 2 N–H and O–H groups in total. The average Bonchev–Trinajstić information content (AvgIpc) is 3.04. The lowest BCUT2D eigenvalue weighted by atomic mass is 10.1. The Kier molecular flexibility index (Phi) is 6.78. The van der Waals surface area contributed by atoms with E-state index in [1.807, 2.05) is 0 Å². The van der Waals surface area contributed by atoms with Gasteiger partial charge in [0, 0.05) is 25.6 Å². The molecule has 11 heteroatoms. The number of nitrogens with one attached hydrogen (secondary N) is 1. The molecule has 1 fully saturated rings. The molecule has 1 aromatic carbocycles. The molecular weight excluding hydrogens is 410 g/mol. The minimum Gasteiger partial charge on any atom is -0.456 e. The lowest BCUT2D eigenvalue weighted by molar-refractivity contribution is -0.165. The molecule has 2 aromatic rings. The van der Waals surface area contributed by atoms with Crippen molar-refractivity contribution in [2.45, 2.75) is 38.4 Å². The summed E-state index contributed by atoms with van der Waals surface area (Å²) in [6, 6.07) is 9.74. The molecule has 1 aromatic heterocycles. The van der Waals surface area contributed by atoms with Crippen LogP contribution in [0.1, 0.15) is 30.4 Å². The summed E-state index contributed by atoms with van der Waals surface area (Å²) >= 11 is 0. The molecule has 0 bridgehead atoms. The quantitative estimate of drug-likeness (QED) is 0.614. The molecule has 2 heterocycles. The van der Waals surface area contributed by atoms with Gasteiger partial charge in [-0.25, -0.2) is 4.79 Å². The maximum atomic E-state index is 12.6. The molecule has 3 rings (SSSR count). The fourth-order valence-electron chi connectivity index (χ4n) is 3.18. The van der Waals surface area contributed by atoms with Gasteiger partial charge in [0.2, 0.25) is 0 Å². The van der Waals surface area contributed by atoms with Crippen LogP contribution in [0.2, 0.25) is 0 Å². The molecule has 11 nitrogen and oxygen atoms in total. The summed E-state index contributed by atoms with van der Waals surface area (Å²) in [5.41, 5.74) is -0.425. The van der Waals surface area contributed by atoms with E-state index in [9.17, 15) is 24.3 Å². The number of amides is 1. The summed E-state index contributed by atoms with van der Waals surface area (Å²) in [4.78, 5) is 51.7. The van der Waals surface area contributed by atoms with E-state index in [0.29, 0.717) is 5.56 Å². The van der Waals surface area contributed by atoms with Crippen LogP contribution in [-0.2, 0) is 23.8 Å². The lowest BCUT2D eigenvalue weighted by Crippen LogP contribution is -2.41. The van der Waals surface area contributed by atoms with Crippen LogP contribution >= 0.6 is 0 Å². The highest BCUT2D eigenvalue weighted by atomic mass is 16.6. The summed E-state index contributed by atoms with van der Waals surface area (Å²) in [5.74, 6) is -1.81. The zero-order valence-electron chi connectivity index (χ0n) is 16.8. The van der Waals surface area contributed by atoms with Crippen LogP contribution in [-0.4, -0.2) is 57.4 Å². The first-order valence-corrected chi connectivity index (χ1v) is 9.36. The molecule has 0 spiro atoms. The van der Waals surface area contributed by atoms with Gasteiger partial charge < -0.3 is 24.6 Å². The van der Waals surface area contributed by atoms with E-state index in [2.05, 4.69) is 10.3 Å². The number of ether oxygens (including phenoxy) is 3. The number of esters is 2. The van der Waals surface area contributed by atoms with Gasteiger partial charge in [-0.2, -0.15) is 4.98 Å². The predicted octanol–water partition coefficient (Wildman–Crippen LogP) is 0.249. The molecule has 0 saturated carbocycles. The second-order valence-electron chi connectivity index (χ2n) is 6.72. The first kappa shape index (κ1) is 22.1. The molecule has 0 aliphatic carbocycles. The zero-order chi connectivity index (χ0) is 22.5. The molecule has 1 unspecified atom stereocenters. The fraction of sp³-hybridized carbons (Fsp3) is 0.350. The van der Waals surface area contributed by atoms with Crippen molar-refractivity contribution in [1.82, 2.24) is 9.55 Å². The smallest absolute Gasteiger partial charge is 0.351 e. The van der Waals surface area contributed by atoms with Crippen LogP contribution in [0.25, 0.3) is 0 Å². The van der Waals surface area contributed by atoms with Crippen molar-refractivity contribution in [3.63, 3.8) is 0 Å². The number of carbonyl (C=O) groups excluding carboxylic acids is 3. The number of benzene rings is 1. The van der Waals surface area contributed by atoms with E-state index in [1.54, 1.807) is 30.3 Å². The Morgan fingerprint density at radius 1 is 1.10 bits per heavy atom. The number of aliphatic hydroxyl groups excluding tert-OH is 1. The van der Waals surface area contributed by atoms with E-state index in [1.165, 1.54) is 12.3 Å². The summed E-state index contributed by atoms with van der Waals surface area (Å²) in [5, 5.41) is 12.1. The van der Waals surface area contributed by atoms with Crippen LogP contribution in [0.5, 0.6) is 0 Å². The van der Waals surface area contributed by atoms with Crippen LogP contribution in [0.15, 0.2) is 47.4 Å². The second kappa shape index (κ2) is 9.49. The van der Waals surface area contributed by atoms with Gasteiger partial charge in [0.05, 0.1) is 6.61 Å². The van der Waals surface area contributed by atoms with Crippen molar-refractivity contribution in [2.24, 2.45) is 0 Å². The van der Waals surface area contributed by atoms with Gasteiger partial charge in [0.25, 0.3) is 5.91 Å². The SMILES string of the molecule is CC(=O)O[C@H]1[C@H](OC(C)=O)C(n2ccc(NC(=O)c3ccccc3)nc2=O)O[C@@H]1CO. The van der Waals surface area contributed by atoms with Gasteiger partial charge in [-0.05, 0) is 18.2 Å². The zero-order valence-corrected chi connectivity index (χ0v) is 16.8. The van der Waals surface area contributed by atoms with E-state index in [-0.39, 0.29) is 5.82 Å². The second-order valence-corrected chi connectivity index (χ2v) is 6.72. The van der Waals surface area contributed by atoms with Crippen LogP contribution in [0.4, 0.5) is 5.82 Å².